The van der Waals surface area contributed by atoms with E-state index in [-0.39, 0.29) is 11.8 Å². The van der Waals surface area contributed by atoms with E-state index in [0.717, 1.165) is 11.1 Å². The number of ether oxygens (including phenoxy) is 2. The first-order chi connectivity index (χ1) is 12.7. The molecule has 0 aliphatic carbocycles. The van der Waals surface area contributed by atoms with E-state index in [1.807, 2.05) is 39.8 Å². The van der Waals surface area contributed by atoms with Crippen molar-refractivity contribution < 1.29 is 19.1 Å². The van der Waals surface area contributed by atoms with Crippen molar-refractivity contribution in [2.75, 3.05) is 19.5 Å². The van der Waals surface area contributed by atoms with Gasteiger partial charge in [0, 0.05) is 17.5 Å². The molecule has 6 nitrogen and oxygen atoms in total. The minimum Gasteiger partial charge on any atom is -0.497 e. The van der Waals surface area contributed by atoms with Crippen LogP contribution >= 0.6 is 11.3 Å². The minimum absolute atomic E-state index is 0.0863. The molecule has 0 aliphatic heterocycles. The number of aryl methyl sites for hydroxylation is 1. The molecule has 2 rings (SSSR count). The molecule has 1 aromatic carbocycles. The third kappa shape index (κ3) is 5.23. The summed E-state index contributed by atoms with van der Waals surface area (Å²) < 4.78 is 10.6. The second kappa shape index (κ2) is 8.43. The molecule has 0 unspecified atom stereocenters. The van der Waals surface area contributed by atoms with E-state index < -0.39 is 5.41 Å². The van der Waals surface area contributed by atoms with Crippen LogP contribution < -0.4 is 20.1 Å². The summed E-state index contributed by atoms with van der Waals surface area (Å²) in [5.41, 5.74) is 1.14. The molecule has 0 saturated heterocycles. The molecule has 1 aromatic heterocycles. The number of methoxy groups -OCH3 is 2. The Kier molecular flexibility index (Phi) is 6.49. The maximum absolute atomic E-state index is 12.6. The lowest BCUT2D eigenvalue weighted by atomic mass is 9.96. The SMILES string of the molecule is COc1ccc(OC)c(CNC(=O)c2sc(NC(=O)C(C)(C)C)cc2C)c1. The van der Waals surface area contributed by atoms with E-state index in [1.54, 1.807) is 26.4 Å². The Hall–Kier alpha value is -2.54. The highest BCUT2D eigenvalue weighted by Gasteiger charge is 2.23. The van der Waals surface area contributed by atoms with Gasteiger partial charge in [-0.05, 0) is 36.8 Å². The molecule has 0 fully saturated rings. The average molecular weight is 391 g/mol. The Morgan fingerprint density at radius 3 is 2.41 bits per heavy atom. The number of nitrogens with one attached hydrogen (secondary N) is 2. The number of carbonyl (C=O) groups is 2. The van der Waals surface area contributed by atoms with Gasteiger partial charge in [-0.3, -0.25) is 9.59 Å². The van der Waals surface area contributed by atoms with Gasteiger partial charge in [0.05, 0.1) is 24.1 Å². The number of hydrogen-bond acceptors (Lipinski definition) is 5. The largest absolute Gasteiger partial charge is 0.497 e. The highest BCUT2D eigenvalue weighted by molar-refractivity contribution is 7.18. The van der Waals surface area contributed by atoms with Crippen LogP contribution in [0.2, 0.25) is 0 Å². The molecular formula is C20H26N2O4S. The van der Waals surface area contributed by atoms with Gasteiger partial charge in [-0.15, -0.1) is 11.3 Å². The first kappa shape index (κ1) is 20.8. The van der Waals surface area contributed by atoms with Crippen LogP contribution in [0.3, 0.4) is 0 Å². The van der Waals surface area contributed by atoms with Crippen LogP contribution in [0.1, 0.15) is 41.6 Å². The Morgan fingerprint density at radius 1 is 1.11 bits per heavy atom. The standard InChI is InChI=1S/C20H26N2O4S/c1-12-9-16(22-19(24)20(2,3)4)27-17(12)18(23)21-11-13-10-14(25-5)7-8-15(13)26-6/h7-10H,11H2,1-6H3,(H,21,23)(H,22,24). The number of rotatable bonds is 6. The first-order valence-corrected chi connectivity index (χ1v) is 9.38. The monoisotopic (exact) mass is 390 g/mol. The smallest absolute Gasteiger partial charge is 0.261 e. The summed E-state index contributed by atoms with van der Waals surface area (Å²) >= 11 is 1.26. The molecule has 1 heterocycles. The Balaban J connectivity index is 2.10. The van der Waals surface area contributed by atoms with Crippen LogP contribution in [0.4, 0.5) is 5.00 Å². The average Bonchev–Trinajstić information content (AvgIpc) is 2.98. The van der Waals surface area contributed by atoms with E-state index in [0.29, 0.717) is 27.9 Å². The van der Waals surface area contributed by atoms with Crippen LogP contribution in [0, 0.1) is 12.3 Å². The fourth-order valence-electron chi connectivity index (χ4n) is 2.34. The Labute approximate surface area is 163 Å². The highest BCUT2D eigenvalue weighted by atomic mass is 32.1. The van der Waals surface area contributed by atoms with Gasteiger partial charge in [-0.2, -0.15) is 0 Å². The Bertz CT molecular complexity index is 837. The summed E-state index contributed by atoms with van der Waals surface area (Å²) in [6, 6.07) is 7.25. The number of anilines is 1. The van der Waals surface area contributed by atoms with Crippen LogP contribution in [0.25, 0.3) is 0 Å². The van der Waals surface area contributed by atoms with Gasteiger partial charge in [0.15, 0.2) is 0 Å². The van der Waals surface area contributed by atoms with E-state index in [4.69, 9.17) is 9.47 Å². The Morgan fingerprint density at radius 2 is 1.81 bits per heavy atom. The molecule has 2 N–H and O–H groups in total. The summed E-state index contributed by atoms with van der Waals surface area (Å²) in [6.45, 7) is 7.69. The van der Waals surface area contributed by atoms with E-state index in [1.165, 1.54) is 11.3 Å². The maximum atomic E-state index is 12.6. The number of hydrogen-bond donors (Lipinski definition) is 2. The van der Waals surface area contributed by atoms with E-state index >= 15 is 0 Å². The molecule has 0 bridgehead atoms. The fraction of sp³-hybridized carbons (Fsp3) is 0.400. The fourth-order valence-corrected chi connectivity index (χ4v) is 3.33. The molecule has 2 aromatic rings. The van der Waals surface area contributed by atoms with Gasteiger partial charge in [-0.1, -0.05) is 20.8 Å². The summed E-state index contributed by atoms with van der Waals surface area (Å²) in [5.74, 6) is 1.09. The van der Waals surface area contributed by atoms with Gasteiger partial charge in [0.1, 0.15) is 11.5 Å². The quantitative estimate of drug-likeness (QED) is 0.782. The molecule has 0 radical (unpaired) electrons. The van der Waals surface area contributed by atoms with Crippen molar-refractivity contribution in [3.05, 3.63) is 40.3 Å². The zero-order chi connectivity index (χ0) is 20.2. The van der Waals surface area contributed by atoms with Gasteiger partial charge in [0.2, 0.25) is 5.91 Å². The molecule has 0 saturated carbocycles. The molecule has 2 amide bonds. The van der Waals surface area contributed by atoms with Crippen LogP contribution in [0.15, 0.2) is 24.3 Å². The normalized spacial score (nSPS) is 11.0. The summed E-state index contributed by atoms with van der Waals surface area (Å²) in [5, 5.41) is 6.43. The van der Waals surface area contributed by atoms with Crippen LogP contribution in [0.5, 0.6) is 11.5 Å². The molecule has 0 aliphatic rings. The number of amides is 2. The van der Waals surface area contributed by atoms with Gasteiger partial charge in [0.25, 0.3) is 5.91 Å². The van der Waals surface area contributed by atoms with Crippen LogP contribution in [-0.2, 0) is 11.3 Å². The minimum atomic E-state index is -0.497. The predicted molar refractivity (Wildman–Crippen MR) is 108 cm³/mol. The third-order valence-electron chi connectivity index (χ3n) is 3.97. The number of thiophene rings is 1. The zero-order valence-corrected chi connectivity index (χ0v) is 17.4. The second-order valence-corrected chi connectivity index (χ2v) is 8.24. The van der Waals surface area contributed by atoms with Crippen LogP contribution in [-0.4, -0.2) is 26.0 Å². The van der Waals surface area contributed by atoms with Crippen molar-refractivity contribution in [1.29, 1.82) is 0 Å². The topological polar surface area (TPSA) is 76.7 Å². The van der Waals surface area contributed by atoms with Crippen molar-refractivity contribution in [2.45, 2.75) is 34.2 Å². The van der Waals surface area contributed by atoms with Crippen molar-refractivity contribution in [2.24, 2.45) is 5.41 Å². The summed E-state index contributed by atoms with van der Waals surface area (Å²) in [7, 11) is 3.17. The first-order valence-electron chi connectivity index (χ1n) is 8.56. The molecule has 146 valence electrons. The second-order valence-electron chi connectivity index (χ2n) is 7.19. The van der Waals surface area contributed by atoms with Gasteiger partial charge >= 0.3 is 0 Å². The van der Waals surface area contributed by atoms with Crippen molar-refractivity contribution in [3.63, 3.8) is 0 Å². The van der Waals surface area contributed by atoms with Crippen molar-refractivity contribution >= 4 is 28.2 Å². The van der Waals surface area contributed by atoms with Gasteiger partial charge < -0.3 is 20.1 Å². The predicted octanol–water partition coefficient (Wildman–Crippen LogP) is 3.99. The van der Waals surface area contributed by atoms with E-state index in [9.17, 15) is 9.59 Å². The molecular weight excluding hydrogens is 364 g/mol. The van der Waals surface area contributed by atoms with Crippen molar-refractivity contribution in [3.8, 4) is 11.5 Å². The lowest BCUT2D eigenvalue weighted by Gasteiger charge is -2.16. The van der Waals surface area contributed by atoms with Crippen molar-refractivity contribution in [1.82, 2.24) is 5.32 Å². The summed E-state index contributed by atoms with van der Waals surface area (Å²) in [6.07, 6.45) is 0. The lowest BCUT2D eigenvalue weighted by Crippen LogP contribution is -2.27. The number of benzene rings is 1. The molecule has 27 heavy (non-hydrogen) atoms. The van der Waals surface area contributed by atoms with E-state index in [2.05, 4.69) is 10.6 Å². The maximum Gasteiger partial charge on any atom is 0.261 e. The summed E-state index contributed by atoms with van der Waals surface area (Å²) in [4.78, 5) is 25.3. The lowest BCUT2D eigenvalue weighted by molar-refractivity contribution is -0.123. The third-order valence-corrected chi connectivity index (χ3v) is 5.12. The number of carbonyl (C=O) groups excluding carboxylic acids is 2. The highest BCUT2D eigenvalue weighted by Crippen LogP contribution is 2.29. The molecule has 0 spiro atoms. The molecule has 0 atom stereocenters. The zero-order valence-electron chi connectivity index (χ0n) is 16.6. The molecule has 7 heteroatoms. The van der Waals surface area contributed by atoms with Gasteiger partial charge in [-0.25, -0.2) is 0 Å².